The molecule has 0 spiro atoms. The monoisotopic (exact) mass is 426 g/mol. The predicted octanol–water partition coefficient (Wildman–Crippen LogP) is 3.20. The van der Waals surface area contributed by atoms with Gasteiger partial charge in [-0.05, 0) is 35.9 Å². The molecule has 158 valence electrons. The van der Waals surface area contributed by atoms with Gasteiger partial charge in [-0.2, -0.15) is 4.31 Å². The molecule has 0 aliphatic carbocycles. The summed E-state index contributed by atoms with van der Waals surface area (Å²) in [5, 5.41) is 0. The van der Waals surface area contributed by atoms with E-state index in [1.165, 1.54) is 22.0 Å². The van der Waals surface area contributed by atoms with Crippen molar-refractivity contribution in [2.75, 3.05) is 38.3 Å². The number of ketones is 1. The van der Waals surface area contributed by atoms with E-state index < -0.39 is 10.0 Å². The molecule has 7 heteroatoms. The minimum atomic E-state index is -3.57. The summed E-state index contributed by atoms with van der Waals surface area (Å²) in [6, 6.07) is 14.3. The molecule has 1 saturated heterocycles. The normalized spacial score (nSPS) is 20.4. The number of hydrogen-bond donors (Lipinski definition) is 0. The highest BCUT2D eigenvalue weighted by Crippen LogP contribution is 2.46. The minimum Gasteiger partial charge on any atom is -0.379 e. The van der Waals surface area contributed by atoms with Crippen LogP contribution in [0.4, 0.5) is 5.69 Å². The van der Waals surface area contributed by atoms with Crippen molar-refractivity contribution in [2.24, 2.45) is 0 Å². The van der Waals surface area contributed by atoms with Gasteiger partial charge in [-0.25, -0.2) is 8.42 Å². The first-order valence-electron chi connectivity index (χ1n) is 10.0. The lowest BCUT2D eigenvalue weighted by atomic mass is 9.83. The average molecular weight is 427 g/mol. The van der Waals surface area contributed by atoms with Crippen molar-refractivity contribution in [2.45, 2.75) is 24.2 Å². The second kappa shape index (κ2) is 7.65. The molecule has 0 aromatic heterocycles. The molecule has 4 rings (SSSR count). The molecule has 1 fully saturated rings. The standard InChI is InChI=1S/C23H26N2O4S/c1-23(2)19-6-4-5-7-20(19)24(3)22(23)16-21(26)17-8-10-18(11-9-17)30(27,28)25-12-14-29-15-13-25/h4-11,16H,12-15H2,1-3H3. The molecule has 2 aromatic rings. The highest BCUT2D eigenvalue weighted by atomic mass is 32.2. The molecule has 0 N–H and O–H groups in total. The summed E-state index contributed by atoms with van der Waals surface area (Å²) in [6.07, 6.45) is 1.66. The highest BCUT2D eigenvalue weighted by Gasteiger charge is 2.38. The maximum atomic E-state index is 13.0. The lowest BCUT2D eigenvalue weighted by molar-refractivity contribution is 0.0730. The Morgan fingerprint density at radius 1 is 1.03 bits per heavy atom. The lowest BCUT2D eigenvalue weighted by Crippen LogP contribution is -2.40. The van der Waals surface area contributed by atoms with Crippen LogP contribution in [0.2, 0.25) is 0 Å². The van der Waals surface area contributed by atoms with Gasteiger partial charge >= 0.3 is 0 Å². The van der Waals surface area contributed by atoms with E-state index in [4.69, 9.17) is 4.74 Å². The maximum absolute atomic E-state index is 13.0. The zero-order chi connectivity index (χ0) is 21.5. The van der Waals surface area contributed by atoms with E-state index >= 15 is 0 Å². The van der Waals surface area contributed by atoms with Gasteiger partial charge in [0, 0.05) is 48.6 Å². The predicted molar refractivity (Wildman–Crippen MR) is 116 cm³/mol. The molecule has 0 saturated carbocycles. The smallest absolute Gasteiger partial charge is 0.243 e. The van der Waals surface area contributed by atoms with Crippen LogP contribution in [0.25, 0.3) is 0 Å². The topological polar surface area (TPSA) is 66.9 Å². The summed E-state index contributed by atoms with van der Waals surface area (Å²) in [6.45, 7) is 5.69. The molecule has 0 radical (unpaired) electrons. The van der Waals surface area contributed by atoms with E-state index in [1.54, 1.807) is 18.2 Å². The second-order valence-corrected chi connectivity index (χ2v) is 10.1. The van der Waals surface area contributed by atoms with Crippen LogP contribution >= 0.6 is 0 Å². The van der Waals surface area contributed by atoms with Gasteiger partial charge in [0.15, 0.2) is 5.78 Å². The molecule has 0 amide bonds. The fourth-order valence-electron chi connectivity index (χ4n) is 4.19. The number of carbonyl (C=O) groups is 1. The van der Waals surface area contributed by atoms with Gasteiger partial charge in [0.2, 0.25) is 10.0 Å². The molecule has 6 nitrogen and oxygen atoms in total. The van der Waals surface area contributed by atoms with Gasteiger partial charge in [0.25, 0.3) is 0 Å². The van der Waals surface area contributed by atoms with Gasteiger partial charge < -0.3 is 9.64 Å². The number of anilines is 1. The number of nitrogens with zero attached hydrogens (tertiary/aromatic N) is 2. The largest absolute Gasteiger partial charge is 0.379 e. The first kappa shape index (κ1) is 20.8. The molecular formula is C23H26N2O4S. The molecule has 0 bridgehead atoms. The first-order chi connectivity index (χ1) is 14.2. The fourth-order valence-corrected chi connectivity index (χ4v) is 5.60. The van der Waals surface area contributed by atoms with Crippen molar-refractivity contribution in [1.82, 2.24) is 4.31 Å². The third-order valence-corrected chi connectivity index (χ3v) is 7.87. The number of para-hydroxylation sites is 1. The quantitative estimate of drug-likeness (QED) is 0.555. The average Bonchev–Trinajstić information content (AvgIpc) is 2.95. The third kappa shape index (κ3) is 3.47. The molecule has 2 aliphatic heterocycles. The summed E-state index contributed by atoms with van der Waals surface area (Å²) >= 11 is 0. The molecular weight excluding hydrogens is 400 g/mol. The van der Waals surface area contributed by atoms with Crippen LogP contribution in [-0.4, -0.2) is 51.9 Å². The number of fused-ring (bicyclic) bond motifs is 1. The molecule has 2 heterocycles. The van der Waals surface area contributed by atoms with E-state index in [2.05, 4.69) is 19.9 Å². The number of rotatable bonds is 4. The number of hydrogen-bond acceptors (Lipinski definition) is 5. The van der Waals surface area contributed by atoms with Crippen LogP contribution in [0.3, 0.4) is 0 Å². The summed E-state index contributed by atoms with van der Waals surface area (Å²) in [5.41, 5.74) is 3.36. The van der Waals surface area contributed by atoms with Gasteiger partial charge in [0.05, 0.1) is 18.1 Å². The van der Waals surface area contributed by atoms with Crippen LogP contribution in [0.15, 0.2) is 65.2 Å². The molecule has 2 aromatic carbocycles. The van der Waals surface area contributed by atoms with Crippen molar-refractivity contribution < 1.29 is 17.9 Å². The van der Waals surface area contributed by atoms with Crippen molar-refractivity contribution in [3.8, 4) is 0 Å². The van der Waals surface area contributed by atoms with Gasteiger partial charge in [-0.1, -0.05) is 32.0 Å². The lowest BCUT2D eigenvalue weighted by Gasteiger charge is -2.26. The van der Waals surface area contributed by atoms with E-state index in [0.29, 0.717) is 31.9 Å². The Hall–Kier alpha value is -2.48. The Balaban J connectivity index is 1.59. The number of morpholine rings is 1. The Morgan fingerprint density at radius 3 is 2.30 bits per heavy atom. The first-order valence-corrected chi connectivity index (χ1v) is 11.4. The van der Waals surface area contributed by atoms with E-state index in [0.717, 1.165) is 11.4 Å². The molecule has 2 aliphatic rings. The van der Waals surface area contributed by atoms with Crippen molar-refractivity contribution >= 4 is 21.5 Å². The van der Waals surface area contributed by atoms with Gasteiger partial charge in [0.1, 0.15) is 0 Å². The van der Waals surface area contributed by atoms with Crippen molar-refractivity contribution in [3.63, 3.8) is 0 Å². The highest BCUT2D eigenvalue weighted by molar-refractivity contribution is 7.89. The van der Waals surface area contributed by atoms with Gasteiger partial charge in [-0.3, -0.25) is 4.79 Å². The number of ether oxygens (including phenoxy) is 1. The summed E-state index contributed by atoms with van der Waals surface area (Å²) in [4.78, 5) is 15.2. The van der Waals surface area contributed by atoms with Crippen molar-refractivity contribution in [3.05, 3.63) is 71.4 Å². The summed E-state index contributed by atoms with van der Waals surface area (Å²) in [5.74, 6) is -0.145. The second-order valence-electron chi connectivity index (χ2n) is 8.14. The molecule has 0 atom stereocenters. The third-order valence-electron chi connectivity index (χ3n) is 5.95. The van der Waals surface area contributed by atoms with Gasteiger partial charge in [-0.15, -0.1) is 0 Å². The molecule has 30 heavy (non-hydrogen) atoms. The van der Waals surface area contributed by atoms with Crippen LogP contribution in [0.1, 0.15) is 29.8 Å². The van der Waals surface area contributed by atoms with Crippen LogP contribution < -0.4 is 4.90 Å². The van der Waals surface area contributed by atoms with E-state index in [9.17, 15) is 13.2 Å². The number of likely N-dealkylation sites (N-methyl/N-ethyl adjacent to an activating group) is 1. The van der Waals surface area contributed by atoms with E-state index in [-0.39, 0.29) is 16.1 Å². The number of benzene rings is 2. The summed E-state index contributed by atoms with van der Waals surface area (Å²) < 4.78 is 32.2. The Kier molecular flexibility index (Phi) is 5.30. The summed E-state index contributed by atoms with van der Waals surface area (Å²) in [7, 11) is -1.61. The number of allylic oxidation sites excluding steroid dienone is 2. The number of sulfonamides is 1. The minimum absolute atomic E-state index is 0.145. The van der Waals surface area contributed by atoms with Crippen molar-refractivity contribution in [1.29, 1.82) is 0 Å². The Morgan fingerprint density at radius 2 is 1.67 bits per heavy atom. The van der Waals surface area contributed by atoms with E-state index in [1.807, 2.05) is 30.1 Å². The molecule has 0 unspecified atom stereocenters. The van der Waals surface area contributed by atoms with Crippen LogP contribution in [-0.2, 0) is 20.2 Å². The fraction of sp³-hybridized carbons (Fsp3) is 0.348. The number of carbonyl (C=O) groups excluding carboxylic acids is 1. The Bertz CT molecular complexity index is 1100. The Labute approximate surface area is 177 Å². The zero-order valence-electron chi connectivity index (χ0n) is 17.5. The zero-order valence-corrected chi connectivity index (χ0v) is 18.3. The SMILES string of the molecule is CN1C(=CC(=O)c2ccc(S(=O)(=O)N3CCOCC3)cc2)C(C)(C)c2ccccc21. The van der Waals surface area contributed by atoms with Crippen LogP contribution in [0, 0.1) is 0 Å². The maximum Gasteiger partial charge on any atom is 0.243 e. The van der Waals surface area contributed by atoms with Crippen LogP contribution in [0.5, 0.6) is 0 Å².